The third-order valence-corrected chi connectivity index (χ3v) is 3.10. The monoisotopic (exact) mass is 218 g/mol. The molecule has 0 bridgehead atoms. The van der Waals surface area contributed by atoms with Gasteiger partial charge in [-0.05, 0) is 0 Å². The second kappa shape index (κ2) is 3.99. The van der Waals surface area contributed by atoms with E-state index in [4.69, 9.17) is 0 Å². The first-order chi connectivity index (χ1) is 4.76. The van der Waals surface area contributed by atoms with Crippen LogP contribution in [0.5, 0.6) is 0 Å². The van der Waals surface area contributed by atoms with Crippen molar-refractivity contribution < 1.29 is 0 Å². The maximum absolute atomic E-state index is 2.37. The van der Waals surface area contributed by atoms with Gasteiger partial charge in [0.1, 0.15) is 0 Å². The Hall–Kier alpha value is 0.558. The summed E-state index contributed by atoms with van der Waals surface area (Å²) < 4.78 is 0.523. The Bertz CT molecular complexity index is 101. The molecule has 0 aliphatic rings. The van der Waals surface area contributed by atoms with Crippen LogP contribution >= 0.6 is 0 Å². The van der Waals surface area contributed by atoms with E-state index in [0.717, 1.165) is 17.8 Å². The third-order valence-electron chi connectivity index (χ3n) is 2.30. The van der Waals surface area contributed by atoms with Crippen LogP contribution in [0, 0.1) is 17.8 Å². The SMILES string of the molecule is CC(C)C(C(C)C)C(C)(C)[AsH2]. The van der Waals surface area contributed by atoms with Crippen LogP contribution in [0.4, 0.5) is 0 Å². The molecule has 0 nitrogen and oxygen atoms in total. The van der Waals surface area contributed by atoms with E-state index in [2.05, 4.69) is 41.5 Å². The van der Waals surface area contributed by atoms with Crippen LogP contribution in [0.25, 0.3) is 0 Å². The Labute approximate surface area is 80.6 Å². The van der Waals surface area contributed by atoms with Crippen molar-refractivity contribution in [3.05, 3.63) is 0 Å². The van der Waals surface area contributed by atoms with Gasteiger partial charge in [-0.2, -0.15) is 0 Å². The number of hydrogen-bond donors (Lipinski definition) is 0. The average Bonchev–Trinajstić information content (AvgIpc) is 1.54. The summed E-state index contributed by atoms with van der Waals surface area (Å²) in [5, 5.41) is 0. The first kappa shape index (κ1) is 11.6. The molecule has 1 heteroatoms. The van der Waals surface area contributed by atoms with E-state index >= 15 is 0 Å². The number of hydrogen-bond acceptors (Lipinski definition) is 0. The molecule has 0 aliphatic heterocycles. The second-order valence-electron chi connectivity index (χ2n) is 4.84. The van der Waals surface area contributed by atoms with Gasteiger partial charge in [-0.25, -0.2) is 0 Å². The second-order valence-corrected chi connectivity index (χ2v) is 7.96. The van der Waals surface area contributed by atoms with Crippen molar-refractivity contribution in [3.8, 4) is 0 Å². The van der Waals surface area contributed by atoms with Gasteiger partial charge >= 0.3 is 80.4 Å². The van der Waals surface area contributed by atoms with Crippen molar-refractivity contribution >= 4 is 16.9 Å². The van der Waals surface area contributed by atoms with Gasteiger partial charge in [-0.15, -0.1) is 0 Å². The van der Waals surface area contributed by atoms with Gasteiger partial charge < -0.3 is 0 Å². The Kier molecular flexibility index (Phi) is 4.19. The van der Waals surface area contributed by atoms with Crippen LogP contribution in [0.1, 0.15) is 41.5 Å². The predicted octanol–water partition coefficient (Wildman–Crippen LogP) is 2.75. The van der Waals surface area contributed by atoms with E-state index in [1.165, 1.54) is 0 Å². The van der Waals surface area contributed by atoms with Gasteiger partial charge in [0.25, 0.3) is 0 Å². The first-order valence-electron chi connectivity index (χ1n) is 4.55. The van der Waals surface area contributed by atoms with Crippen molar-refractivity contribution in [1.29, 1.82) is 0 Å². The summed E-state index contributed by atoms with van der Waals surface area (Å²) in [4.78, 5) is 0. The molecule has 0 aromatic carbocycles. The van der Waals surface area contributed by atoms with E-state index in [-0.39, 0.29) is 0 Å². The summed E-state index contributed by atoms with van der Waals surface area (Å²) in [7, 11) is 0. The van der Waals surface area contributed by atoms with Crippen LogP contribution in [0.15, 0.2) is 0 Å². The Morgan fingerprint density at radius 3 is 1.18 bits per heavy atom. The molecule has 0 saturated carbocycles. The molecule has 0 radical (unpaired) electrons. The quantitative estimate of drug-likeness (QED) is 0.639. The summed E-state index contributed by atoms with van der Waals surface area (Å²) in [6, 6.07) is 0. The fourth-order valence-corrected chi connectivity index (χ4v) is 4.10. The van der Waals surface area contributed by atoms with E-state index in [1.54, 1.807) is 0 Å². The molecule has 0 aromatic heterocycles. The standard InChI is InChI=1S/C10H23As/c1-7(2)9(8(3)4)10(5,6)11/h7-9H,11H2,1-6H3. The van der Waals surface area contributed by atoms with E-state index in [1.807, 2.05) is 16.9 Å². The molecule has 0 fully saturated rings. The topological polar surface area (TPSA) is 0 Å². The molecule has 0 aliphatic carbocycles. The van der Waals surface area contributed by atoms with Gasteiger partial charge in [0.15, 0.2) is 0 Å². The molecule has 0 rings (SSSR count). The minimum atomic E-state index is 0.523. The Balaban J connectivity index is 4.35. The van der Waals surface area contributed by atoms with Crippen LogP contribution in [0.2, 0.25) is 4.20 Å². The van der Waals surface area contributed by atoms with Gasteiger partial charge in [0, 0.05) is 0 Å². The Morgan fingerprint density at radius 2 is 1.18 bits per heavy atom. The molecule has 1 atom stereocenters. The van der Waals surface area contributed by atoms with Crippen LogP contribution in [0.3, 0.4) is 0 Å². The zero-order valence-corrected chi connectivity index (χ0v) is 11.2. The summed E-state index contributed by atoms with van der Waals surface area (Å²) >= 11 is 1.88. The maximum atomic E-state index is 2.37. The summed E-state index contributed by atoms with van der Waals surface area (Å²) in [6.07, 6.45) is 0. The van der Waals surface area contributed by atoms with E-state index in [9.17, 15) is 0 Å². The van der Waals surface area contributed by atoms with Crippen LogP contribution < -0.4 is 0 Å². The zero-order valence-electron chi connectivity index (χ0n) is 8.81. The molecule has 11 heavy (non-hydrogen) atoms. The normalized spacial score (nSPS) is 13.6. The molecule has 0 N–H and O–H groups in total. The summed E-state index contributed by atoms with van der Waals surface area (Å²) in [5.74, 6) is 2.50. The van der Waals surface area contributed by atoms with Gasteiger partial charge in [0.05, 0.1) is 0 Å². The van der Waals surface area contributed by atoms with Crippen molar-refractivity contribution in [1.82, 2.24) is 0 Å². The molecule has 0 spiro atoms. The van der Waals surface area contributed by atoms with Gasteiger partial charge in [0.2, 0.25) is 0 Å². The van der Waals surface area contributed by atoms with Crippen molar-refractivity contribution in [2.45, 2.75) is 45.7 Å². The third kappa shape index (κ3) is 3.65. The molecule has 0 amide bonds. The molecule has 0 heterocycles. The molecular weight excluding hydrogens is 195 g/mol. The molecular formula is C10H23As. The summed E-state index contributed by atoms with van der Waals surface area (Å²) in [6.45, 7) is 14.1. The minimum absolute atomic E-state index is 0.523. The van der Waals surface area contributed by atoms with Crippen molar-refractivity contribution in [2.75, 3.05) is 0 Å². The molecule has 0 saturated heterocycles. The van der Waals surface area contributed by atoms with Crippen molar-refractivity contribution in [2.24, 2.45) is 17.8 Å². The van der Waals surface area contributed by atoms with Gasteiger partial charge in [-0.3, -0.25) is 0 Å². The molecule has 0 aromatic rings. The van der Waals surface area contributed by atoms with Crippen LogP contribution in [-0.2, 0) is 0 Å². The van der Waals surface area contributed by atoms with E-state index < -0.39 is 0 Å². The summed E-state index contributed by atoms with van der Waals surface area (Å²) in [5.41, 5.74) is 0. The zero-order chi connectivity index (χ0) is 9.23. The van der Waals surface area contributed by atoms with Crippen molar-refractivity contribution in [3.63, 3.8) is 0 Å². The number of rotatable bonds is 3. The average molecular weight is 218 g/mol. The van der Waals surface area contributed by atoms with Crippen LogP contribution in [-0.4, -0.2) is 16.9 Å². The molecule has 68 valence electrons. The van der Waals surface area contributed by atoms with E-state index in [0.29, 0.717) is 4.20 Å². The fraction of sp³-hybridized carbons (Fsp3) is 1.00. The Morgan fingerprint density at radius 1 is 0.909 bits per heavy atom. The fourth-order valence-electron chi connectivity index (χ4n) is 2.49. The van der Waals surface area contributed by atoms with Gasteiger partial charge in [-0.1, -0.05) is 0 Å². The first-order valence-corrected chi connectivity index (χ1v) is 5.76. The molecule has 1 unspecified atom stereocenters. The predicted molar refractivity (Wildman–Crippen MR) is 55.8 cm³/mol.